The molecular weight excluding hydrogens is 436 g/mol. The molecule has 0 radical (unpaired) electrons. The van der Waals surface area contributed by atoms with Crippen LogP contribution in [0.1, 0.15) is 24.5 Å². The number of sulfonamides is 1. The van der Waals surface area contributed by atoms with Gasteiger partial charge in [0.2, 0.25) is 10.0 Å². The summed E-state index contributed by atoms with van der Waals surface area (Å²) in [7, 11) is -3.47. The smallest absolute Gasteiger partial charge is 0.258 e. The zero-order valence-electron chi connectivity index (χ0n) is 19.0. The molecule has 3 rings (SSSR count). The van der Waals surface area contributed by atoms with Gasteiger partial charge in [-0.05, 0) is 55.2 Å². The van der Waals surface area contributed by atoms with Crippen LogP contribution in [0.15, 0.2) is 84.9 Å². The lowest BCUT2D eigenvalue weighted by Crippen LogP contribution is -2.36. The second kappa shape index (κ2) is 11.5. The minimum absolute atomic E-state index is 0.0324. The van der Waals surface area contributed by atoms with E-state index in [1.165, 1.54) is 16.1 Å². The standard InChI is InChI=1S/C26H30N2O4S/c1-21(13-14-22-9-5-3-6-10-22)27-26(29)20-32-25-17-15-24(16-18-25)28(33(2,30)31)19-23-11-7-4-8-12-23/h3-12,15-18,21H,13-14,19-20H2,1-2H3,(H,27,29)/t21-/m0/s1. The minimum Gasteiger partial charge on any atom is -0.484 e. The topological polar surface area (TPSA) is 75.7 Å². The summed E-state index contributed by atoms with van der Waals surface area (Å²) in [6.07, 6.45) is 2.92. The molecule has 0 fully saturated rings. The highest BCUT2D eigenvalue weighted by molar-refractivity contribution is 7.92. The van der Waals surface area contributed by atoms with Gasteiger partial charge in [0.15, 0.2) is 6.61 Å². The molecule has 0 bridgehead atoms. The third kappa shape index (κ3) is 7.95. The molecule has 0 heterocycles. The number of aryl methyl sites for hydroxylation is 1. The Morgan fingerprint density at radius 1 is 0.909 bits per heavy atom. The highest BCUT2D eigenvalue weighted by Crippen LogP contribution is 2.23. The van der Waals surface area contributed by atoms with Crippen LogP contribution in [-0.2, 0) is 27.8 Å². The summed E-state index contributed by atoms with van der Waals surface area (Å²) in [5, 5.41) is 2.95. The summed E-state index contributed by atoms with van der Waals surface area (Å²) in [5.74, 6) is 0.306. The Balaban J connectivity index is 1.51. The van der Waals surface area contributed by atoms with Crippen molar-refractivity contribution in [2.75, 3.05) is 17.2 Å². The molecule has 33 heavy (non-hydrogen) atoms. The largest absolute Gasteiger partial charge is 0.484 e. The molecule has 0 aromatic heterocycles. The summed E-state index contributed by atoms with van der Waals surface area (Å²) in [4.78, 5) is 12.2. The second-order valence-corrected chi connectivity index (χ2v) is 9.94. The first-order valence-electron chi connectivity index (χ1n) is 10.9. The third-order valence-electron chi connectivity index (χ3n) is 5.18. The number of ether oxygens (including phenoxy) is 1. The van der Waals surface area contributed by atoms with Crippen LogP contribution in [0.4, 0.5) is 5.69 Å². The van der Waals surface area contributed by atoms with E-state index in [-0.39, 0.29) is 25.1 Å². The van der Waals surface area contributed by atoms with Crippen molar-refractivity contribution >= 4 is 21.6 Å². The molecule has 174 valence electrons. The van der Waals surface area contributed by atoms with Gasteiger partial charge in [-0.3, -0.25) is 9.10 Å². The van der Waals surface area contributed by atoms with Crippen LogP contribution in [0.5, 0.6) is 5.75 Å². The molecule has 1 atom stereocenters. The molecule has 0 aliphatic carbocycles. The number of rotatable bonds is 11. The molecule has 6 nitrogen and oxygen atoms in total. The maximum atomic E-state index is 12.3. The number of nitrogens with one attached hydrogen (secondary N) is 1. The lowest BCUT2D eigenvalue weighted by Gasteiger charge is -2.23. The Hall–Kier alpha value is -3.32. The lowest BCUT2D eigenvalue weighted by atomic mass is 10.1. The van der Waals surface area contributed by atoms with Gasteiger partial charge >= 0.3 is 0 Å². The van der Waals surface area contributed by atoms with Gasteiger partial charge in [-0.25, -0.2) is 8.42 Å². The van der Waals surface area contributed by atoms with Crippen LogP contribution in [0.2, 0.25) is 0 Å². The summed E-state index contributed by atoms with van der Waals surface area (Å²) in [6, 6.07) is 26.3. The molecular formula is C26H30N2O4S. The molecule has 0 spiro atoms. The number of hydrogen-bond donors (Lipinski definition) is 1. The van der Waals surface area contributed by atoms with E-state index in [1.54, 1.807) is 24.3 Å². The highest BCUT2D eigenvalue weighted by atomic mass is 32.2. The summed E-state index contributed by atoms with van der Waals surface area (Å²) in [6.45, 7) is 2.11. The first kappa shape index (κ1) is 24.3. The Morgan fingerprint density at radius 2 is 1.48 bits per heavy atom. The van der Waals surface area contributed by atoms with Crippen molar-refractivity contribution in [2.24, 2.45) is 0 Å². The predicted octanol–water partition coefficient (Wildman–Crippen LogP) is 4.17. The number of amides is 1. The van der Waals surface area contributed by atoms with E-state index in [0.717, 1.165) is 18.4 Å². The molecule has 3 aromatic carbocycles. The Labute approximate surface area is 196 Å². The maximum Gasteiger partial charge on any atom is 0.258 e. The predicted molar refractivity (Wildman–Crippen MR) is 132 cm³/mol. The van der Waals surface area contributed by atoms with E-state index in [2.05, 4.69) is 17.4 Å². The van der Waals surface area contributed by atoms with Crippen LogP contribution in [0.25, 0.3) is 0 Å². The fraction of sp³-hybridized carbons (Fsp3) is 0.269. The van der Waals surface area contributed by atoms with Gasteiger partial charge in [0.25, 0.3) is 5.91 Å². The lowest BCUT2D eigenvalue weighted by molar-refractivity contribution is -0.123. The maximum absolute atomic E-state index is 12.3. The molecule has 3 aromatic rings. The Morgan fingerprint density at radius 3 is 2.06 bits per heavy atom. The zero-order chi connectivity index (χ0) is 23.7. The van der Waals surface area contributed by atoms with Crippen LogP contribution >= 0.6 is 0 Å². The van der Waals surface area contributed by atoms with Crippen molar-refractivity contribution in [2.45, 2.75) is 32.4 Å². The van der Waals surface area contributed by atoms with Crippen LogP contribution < -0.4 is 14.4 Å². The van der Waals surface area contributed by atoms with Crippen molar-refractivity contribution < 1.29 is 17.9 Å². The van der Waals surface area contributed by atoms with Gasteiger partial charge in [-0.15, -0.1) is 0 Å². The molecule has 1 N–H and O–H groups in total. The number of carbonyl (C=O) groups is 1. The van der Waals surface area contributed by atoms with E-state index < -0.39 is 10.0 Å². The van der Waals surface area contributed by atoms with Gasteiger partial charge < -0.3 is 10.1 Å². The quantitative estimate of drug-likeness (QED) is 0.460. The average Bonchev–Trinajstić information content (AvgIpc) is 2.81. The van der Waals surface area contributed by atoms with Gasteiger partial charge in [0.1, 0.15) is 5.75 Å². The van der Waals surface area contributed by atoms with E-state index in [4.69, 9.17) is 4.74 Å². The SMILES string of the molecule is C[C@@H](CCc1ccccc1)NC(=O)COc1ccc(N(Cc2ccccc2)S(C)(=O)=O)cc1. The summed E-state index contributed by atoms with van der Waals surface area (Å²) >= 11 is 0. The fourth-order valence-corrected chi connectivity index (χ4v) is 4.31. The van der Waals surface area contributed by atoms with Crippen molar-refractivity contribution in [1.82, 2.24) is 5.32 Å². The minimum atomic E-state index is -3.47. The van der Waals surface area contributed by atoms with Crippen LogP contribution in [0.3, 0.4) is 0 Å². The molecule has 0 aliphatic heterocycles. The molecule has 1 amide bonds. The number of anilines is 1. The van der Waals surface area contributed by atoms with E-state index in [9.17, 15) is 13.2 Å². The molecule has 0 unspecified atom stereocenters. The Kier molecular flexibility index (Phi) is 8.49. The molecule has 0 saturated heterocycles. The fourth-order valence-electron chi connectivity index (χ4n) is 3.42. The van der Waals surface area contributed by atoms with Gasteiger partial charge in [-0.1, -0.05) is 60.7 Å². The van der Waals surface area contributed by atoms with Crippen LogP contribution in [-0.4, -0.2) is 33.2 Å². The average molecular weight is 467 g/mol. The first-order valence-corrected chi connectivity index (χ1v) is 12.7. The normalized spacial score (nSPS) is 12.1. The van der Waals surface area contributed by atoms with Gasteiger partial charge in [-0.2, -0.15) is 0 Å². The van der Waals surface area contributed by atoms with Crippen molar-refractivity contribution in [3.05, 3.63) is 96.1 Å². The van der Waals surface area contributed by atoms with Crippen molar-refractivity contribution in [3.63, 3.8) is 0 Å². The first-order chi connectivity index (χ1) is 15.8. The number of carbonyl (C=O) groups excluding carboxylic acids is 1. The van der Waals surface area contributed by atoms with E-state index in [0.29, 0.717) is 11.4 Å². The van der Waals surface area contributed by atoms with Gasteiger partial charge in [0.05, 0.1) is 18.5 Å². The summed E-state index contributed by atoms with van der Waals surface area (Å²) in [5.41, 5.74) is 2.67. The highest BCUT2D eigenvalue weighted by Gasteiger charge is 2.18. The molecule has 0 aliphatic rings. The van der Waals surface area contributed by atoms with E-state index >= 15 is 0 Å². The Bertz CT molecular complexity index is 1120. The number of hydrogen-bond acceptors (Lipinski definition) is 4. The third-order valence-corrected chi connectivity index (χ3v) is 6.32. The number of benzene rings is 3. The molecule has 7 heteroatoms. The van der Waals surface area contributed by atoms with Gasteiger partial charge in [0, 0.05) is 6.04 Å². The van der Waals surface area contributed by atoms with Crippen molar-refractivity contribution in [1.29, 1.82) is 0 Å². The monoisotopic (exact) mass is 466 g/mol. The molecule has 0 saturated carbocycles. The second-order valence-electron chi connectivity index (χ2n) is 8.03. The van der Waals surface area contributed by atoms with Crippen molar-refractivity contribution in [3.8, 4) is 5.75 Å². The van der Waals surface area contributed by atoms with Crippen LogP contribution in [0, 0.1) is 0 Å². The van der Waals surface area contributed by atoms with E-state index in [1.807, 2.05) is 55.5 Å². The number of nitrogens with zero attached hydrogens (tertiary/aromatic N) is 1. The zero-order valence-corrected chi connectivity index (χ0v) is 19.8. The summed E-state index contributed by atoms with van der Waals surface area (Å²) < 4.78 is 31.6.